The Kier molecular flexibility index (Phi) is 4.87. The van der Waals surface area contributed by atoms with Gasteiger partial charge in [0.2, 0.25) is 0 Å². The molecule has 1 aliphatic rings. The molecule has 1 atom stereocenters. The Morgan fingerprint density at radius 2 is 2.23 bits per heavy atom. The van der Waals surface area contributed by atoms with Crippen LogP contribution in [0.15, 0.2) is 18.2 Å². The molecule has 1 aromatic carbocycles. The molecule has 0 bridgehead atoms. The Morgan fingerprint density at radius 3 is 2.86 bits per heavy atom. The van der Waals surface area contributed by atoms with Gasteiger partial charge >= 0.3 is 0 Å². The van der Waals surface area contributed by atoms with Gasteiger partial charge in [0.15, 0.2) is 12.2 Å². The van der Waals surface area contributed by atoms with Gasteiger partial charge in [-0.05, 0) is 31.0 Å². The molecule has 1 aliphatic heterocycles. The van der Waals surface area contributed by atoms with Crippen molar-refractivity contribution in [2.24, 2.45) is 5.73 Å². The fourth-order valence-electron chi connectivity index (χ4n) is 2.27. The third-order valence-electron chi connectivity index (χ3n) is 3.53. The summed E-state index contributed by atoms with van der Waals surface area (Å²) in [5.74, 6) is -1.60. The molecule has 6 nitrogen and oxygen atoms in total. The zero-order valence-electron chi connectivity index (χ0n) is 11.7. The topological polar surface area (TPSA) is 92.9 Å². The Balaban J connectivity index is 1.96. The van der Waals surface area contributed by atoms with E-state index in [9.17, 15) is 19.1 Å². The Bertz CT molecular complexity index is 598. The van der Waals surface area contributed by atoms with Crippen LogP contribution in [-0.4, -0.2) is 47.1 Å². The van der Waals surface area contributed by atoms with E-state index in [-0.39, 0.29) is 30.3 Å². The lowest BCUT2D eigenvalue weighted by atomic mass is 9.92. The Hall–Kier alpha value is -1.86. The van der Waals surface area contributed by atoms with Crippen LogP contribution in [0.2, 0.25) is 5.02 Å². The van der Waals surface area contributed by atoms with Crippen LogP contribution in [0.1, 0.15) is 12.8 Å². The number of benzene rings is 1. The number of hydrogen-bond acceptors (Lipinski definition) is 4. The number of likely N-dealkylation sites (tertiary alicyclic amines) is 1. The molecule has 0 saturated carbocycles. The highest BCUT2D eigenvalue weighted by molar-refractivity contribution is 6.32. The van der Waals surface area contributed by atoms with Crippen molar-refractivity contribution in [3.63, 3.8) is 0 Å². The van der Waals surface area contributed by atoms with Crippen molar-refractivity contribution in [1.29, 1.82) is 0 Å². The number of ether oxygens (including phenoxy) is 1. The highest BCUT2D eigenvalue weighted by Crippen LogP contribution is 2.25. The summed E-state index contributed by atoms with van der Waals surface area (Å²) in [5, 5.41) is 10.1. The van der Waals surface area contributed by atoms with Crippen LogP contribution >= 0.6 is 11.6 Å². The van der Waals surface area contributed by atoms with E-state index in [0.29, 0.717) is 13.0 Å². The molecular weight excluding hydrogens is 315 g/mol. The fraction of sp³-hybridized carbons (Fsp3) is 0.429. The number of rotatable bonds is 4. The van der Waals surface area contributed by atoms with Crippen LogP contribution < -0.4 is 10.5 Å². The van der Waals surface area contributed by atoms with Crippen LogP contribution in [0.4, 0.5) is 4.39 Å². The third kappa shape index (κ3) is 3.66. The molecule has 1 saturated heterocycles. The number of piperidine rings is 1. The Morgan fingerprint density at radius 1 is 1.50 bits per heavy atom. The molecule has 0 unspecified atom stereocenters. The van der Waals surface area contributed by atoms with Crippen LogP contribution in [0.25, 0.3) is 0 Å². The number of carbonyl (C=O) groups is 2. The number of hydrogen-bond donors (Lipinski definition) is 2. The lowest BCUT2D eigenvalue weighted by Crippen LogP contribution is -2.57. The number of aliphatic hydroxyl groups is 1. The van der Waals surface area contributed by atoms with E-state index in [2.05, 4.69) is 0 Å². The Labute approximate surface area is 131 Å². The SMILES string of the molecule is NC(=O)[C@@]1(O)CCCN(C(=O)COc2ccc(F)cc2Cl)C1. The smallest absolute Gasteiger partial charge is 0.260 e. The summed E-state index contributed by atoms with van der Waals surface area (Å²) >= 11 is 5.79. The number of halogens is 2. The van der Waals surface area contributed by atoms with Crippen molar-refractivity contribution in [1.82, 2.24) is 4.90 Å². The summed E-state index contributed by atoms with van der Waals surface area (Å²) in [6, 6.07) is 3.56. The van der Waals surface area contributed by atoms with Gasteiger partial charge in [-0.2, -0.15) is 0 Å². The zero-order chi connectivity index (χ0) is 16.3. The van der Waals surface area contributed by atoms with E-state index >= 15 is 0 Å². The predicted octanol–water partition coefficient (Wildman–Crippen LogP) is 0.697. The minimum absolute atomic E-state index is 0.0556. The van der Waals surface area contributed by atoms with Gasteiger partial charge in [-0.15, -0.1) is 0 Å². The van der Waals surface area contributed by atoms with Crippen LogP contribution in [0, 0.1) is 5.82 Å². The van der Waals surface area contributed by atoms with Crippen molar-refractivity contribution < 1.29 is 23.8 Å². The first-order valence-corrected chi connectivity index (χ1v) is 7.07. The summed E-state index contributed by atoms with van der Waals surface area (Å²) < 4.78 is 18.2. The first-order chi connectivity index (χ1) is 10.3. The van der Waals surface area contributed by atoms with Crippen molar-refractivity contribution in [3.8, 4) is 5.75 Å². The van der Waals surface area contributed by atoms with Crippen molar-refractivity contribution in [2.75, 3.05) is 19.7 Å². The zero-order valence-corrected chi connectivity index (χ0v) is 12.5. The molecule has 0 aliphatic carbocycles. The summed E-state index contributed by atoms with van der Waals surface area (Å²) in [5.41, 5.74) is 3.44. The first kappa shape index (κ1) is 16.5. The normalized spacial score (nSPS) is 21.5. The first-order valence-electron chi connectivity index (χ1n) is 6.70. The maximum absolute atomic E-state index is 12.9. The van der Waals surface area contributed by atoms with Gasteiger partial charge in [-0.1, -0.05) is 11.6 Å². The predicted molar refractivity (Wildman–Crippen MR) is 76.9 cm³/mol. The average molecular weight is 331 g/mol. The van der Waals surface area contributed by atoms with E-state index in [1.807, 2.05) is 0 Å². The third-order valence-corrected chi connectivity index (χ3v) is 3.82. The lowest BCUT2D eigenvalue weighted by molar-refractivity contribution is -0.150. The summed E-state index contributed by atoms with van der Waals surface area (Å²) in [6.07, 6.45) is 0.680. The van der Waals surface area contributed by atoms with Gasteiger partial charge in [0, 0.05) is 6.54 Å². The van der Waals surface area contributed by atoms with E-state index in [1.54, 1.807) is 0 Å². The molecule has 2 rings (SSSR count). The summed E-state index contributed by atoms with van der Waals surface area (Å²) in [6.45, 7) is -0.100. The number of primary amides is 1. The summed E-state index contributed by atoms with van der Waals surface area (Å²) in [4.78, 5) is 24.6. The van der Waals surface area contributed by atoms with Crippen molar-refractivity contribution >= 4 is 23.4 Å². The van der Waals surface area contributed by atoms with Crippen molar-refractivity contribution in [3.05, 3.63) is 29.0 Å². The number of nitrogens with two attached hydrogens (primary N) is 1. The molecule has 1 fully saturated rings. The second-order valence-corrected chi connectivity index (χ2v) is 5.59. The molecule has 0 spiro atoms. The van der Waals surface area contributed by atoms with Crippen molar-refractivity contribution in [2.45, 2.75) is 18.4 Å². The number of carbonyl (C=O) groups excluding carboxylic acids is 2. The van der Waals surface area contributed by atoms with Gasteiger partial charge in [0.1, 0.15) is 11.6 Å². The molecule has 1 heterocycles. The van der Waals surface area contributed by atoms with Crippen LogP contribution in [0.5, 0.6) is 5.75 Å². The number of amides is 2. The van der Waals surface area contributed by atoms with E-state index in [0.717, 1.165) is 6.07 Å². The van der Waals surface area contributed by atoms with Gasteiger partial charge in [0.05, 0.1) is 11.6 Å². The van der Waals surface area contributed by atoms with E-state index < -0.39 is 23.2 Å². The van der Waals surface area contributed by atoms with E-state index in [1.165, 1.54) is 17.0 Å². The van der Waals surface area contributed by atoms with Gasteiger partial charge in [-0.25, -0.2) is 4.39 Å². The molecule has 2 amide bonds. The molecule has 3 N–H and O–H groups in total. The maximum Gasteiger partial charge on any atom is 0.260 e. The van der Waals surface area contributed by atoms with Gasteiger partial charge in [-0.3, -0.25) is 9.59 Å². The summed E-state index contributed by atoms with van der Waals surface area (Å²) in [7, 11) is 0. The fourth-order valence-corrected chi connectivity index (χ4v) is 2.50. The average Bonchev–Trinajstić information content (AvgIpc) is 2.46. The molecule has 8 heteroatoms. The van der Waals surface area contributed by atoms with Crippen LogP contribution in [0.3, 0.4) is 0 Å². The largest absolute Gasteiger partial charge is 0.482 e. The second-order valence-electron chi connectivity index (χ2n) is 5.18. The molecule has 0 aromatic heterocycles. The maximum atomic E-state index is 12.9. The quantitative estimate of drug-likeness (QED) is 0.849. The molecule has 120 valence electrons. The van der Waals surface area contributed by atoms with E-state index in [4.69, 9.17) is 22.1 Å². The highest BCUT2D eigenvalue weighted by atomic mass is 35.5. The van der Waals surface area contributed by atoms with Gasteiger partial charge in [0.25, 0.3) is 11.8 Å². The number of β-amino-alcohol motifs (C(OH)–C–C–N with tert-alkyl or cyclic N) is 1. The minimum atomic E-state index is -1.71. The van der Waals surface area contributed by atoms with Crippen LogP contribution in [-0.2, 0) is 9.59 Å². The highest BCUT2D eigenvalue weighted by Gasteiger charge is 2.40. The molecule has 0 radical (unpaired) electrons. The molecule has 1 aromatic rings. The monoisotopic (exact) mass is 330 g/mol. The van der Waals surface area contributed by atoms with Gasteiger partial charge < -0.3 is 20.5 Å². The lowest BCUT2D eigenvalue weighted by Gasteiger charge is -2.36. The standard InChI is InChI=1S/C14H16ClFN2O4/c15-10-6-9(16)2-3-11(10)22-7-12(19)18-5-1-4-14(21,8-18)13(17)20/h2-3,6,21H,1,4-5,7-8H2,(H2,17,20)/t14-/m1/s1. The second kappa shape index (κ2) is 6.50. The minimum Gasteiger partial charge on any atom is -0.482 e. The molecule has 22 heavy (non-hydrogen) atoms. The molecular formula is C14H16ClFN2O4. The number of nitrogens with zero attached hydrogens (tertiary/aromatic N) is 1.